The van der Waals surface area contributed by atoms with Gasteiger partial charge in [-0.15, -0.1) is 0 Å². The molecule has 0 amide bonds. The van der Waals surface area contributed by atoms with Crippen molar-refractivity contribution in [1.82, 2.24) is 0 Å². The van der Waals surface area contributed by atoms with Gasteiger partial charge in [0.2, 0.25) is 5.78 Å². The summed E-state index contributed by atoms with van der Waals surface area (Å²) >= 11 is 0. The van der Waals surface area contributed by atoms with E-state index in [0.717, 1.165) is 29.2 Å². The number of hydrogen-bond acceptors (Lipinski definition) is 16. The number of aliphatic hydroxyl groups is 2. The minimum absolute atomic E-state index is 0.0226. The van der Waals surface area contributed by atoms with Crippen molar-refractivity contribution in [2.45, 2.75) is 20.0 Å². The average molecular weight is 935 g/mol. The highest BCUT2D eigenvalue weighted by molar-refractivity contribution is 6.30. The smallest absolute Gasteiger partial charge is 0.221 e. The zero-order valence-electron chi connectivity index (χ0n) is 37.9. The lowest BCUT2D eigenvalue weighted by molar-refractivity contribution is -0.126. The van der Waals surface area contributed by atoms with Crippen molar-refractivity contribution in [3.05, 3.63) is 161 Å². The normalized spacial score (nSPS) is 10.5. The van der Waals surface area contributed by atoms with Crippen molar-refractivity contribution >= 4 is 55.2 Å². The average Bonchev–Trinajstić information content (AvgIpc) is 3.36. The second-order valence-corrected chi connectivity index (χ2v) is 13.1. The number of carbonyl (C=O) groups excluding carboxylic acids is 5. The molecule has 0 aliphatic heterocycles. The third kappa shape index (κ3) is 21.7. The van der Waals surface area contributed by atoms with Gasteiger partial charge in [-0.05, 0) is 114 Å². The largest absolute Gasteiger partial charge is 0.508 e. The van der Waals surface area contributed by atoms with Crippen LogP contribution in [-0.4, -0.2) is 95.1 Å². The SMILES string of the molecule is CC/C=C/c1ccc(O)c(OC)c1.COc1cc(/C=C/C=O)ccc1O.COc1cc(/C=C/C=O)ccc1O.COc1cc(C=O)ccc1O.O=CC(=O)/C=C(O)/C=C/c1ccc(O)c(CO)c1. The van der Waals surface area contributed by atoms with E-state index < -0.39 is 5.78 Å². The topological polar surface area (TPSA) is 264 Å². The number of phenolic OH excluding ortho intramolecular Hbond substituents is 4. The molecule has 5 aromatic carbocycles. The van der Waals surface area contributed by atoms with Gasteiger partial charge in [-0.2, -0.15) is 0 Å². The van der Waals surface area contributed by atoms with Gasteiger partial charge in [-0.25, -0.2) is 0 Å². The number of ketones is 1. The first-order chi connectivity index (χ1) is 32.7. The highest BCUT2D eigenvalue weighted by Crippen LogP contribution is 2.29. The van der Waals surface area contributed by atoms with Crippen molar-refractivity contribution in [2.24, 2.45) is 0 Å². The molecule has 16 heteroatoms. The van der Waals surface area contributed by atoms with Crippen LogP contribution in [0.15, 0.2) is 127 Å². The van der Waals surface area contributed by atoms with Gasteiger partial charge < -0.3 is 54.7 Å². The molecule has 358 valence electrons. The summed E-state index contributed by atoms with van der Waals surface area (Å²) in [5.74, 6) is 0.801. The molecule has 0 aliphatic rings. The Hall–Kier alpha value is -8.89. The van der Waals surface area contributed by atoms with Crippen molar-refractivity contribution in [2.75, 3.05) is 28.4 Å². The molecule has 0 bridgehead atoms. The molecule has 0 unspecified atom stereocenters. The van der Waals surface area contributed by atoms with Crippen LogP contribution in [0.4, 0.5) is 0 Å². The molecule has 0 saturated heterocycles. The van der Waals surface area contributed by atoms with Gasteiger partial charge >= 0.3 is 0 Å². The molecule has 0 spiro atoms. The van der Waals surface area contributed by atoms with E-state index in [1.807, 2.05) is 18.2 Å². The summed E-state index contributed by atoms with van der Waals surface area (Å²) in [5.41, 5.74) is 4.11. The van der Waals surface area contributed by atoms with Gasteiger partial charge in [-0.3, -0.25) is 24.0 Å². The molecular formula is C52H54O16. The maximum absolute atomic E-state index is 10.7. The van der Waals surface area contributed by atoms with Gasteiger partial charge in [0.05, 0.1) is 35.0 Å². The molecule has 0 radical (unpaired) electrons. The number of methoxy groups -OCH3 is 4. The highest BCUT2D eigenvalue weighted by atomic mass is 16.5. The fourth-order valence-corrected chi connectivity index (χ4v) is 4.96. The van der Waals surface area contributed by atoms with Crippen LogP contribution in [0.2, 0.25) is 0 Å². The zero-order chi connectivity index (χ0) is 50.9. The van der Waals surface area contributed by atoms with E-state index in [4.69, 9.17) is 29.2 Å². The summed E-state index contributed by atoms with van der Waals surface area (Å²) in [7, 11) is 5.93. The standard InChI is InChI=1S/C13H12O5.C11H14O2.2C10H10O3.C8H8O3/c14-7-10-5-9(2-4-13(10)18)1-3-11(16)6-12(17)8-15;1-3-4-5-9-6-7-10(12)11(8-9)13-2;2*1-13-10-7-8(3-2-6-11)4-5-9(10)12;1-11-8-4-6(5-9)2-3-7(8)10/h1-6,8,14,16,18H,7H2;4-8,12H,3H2,1-2H3;2*2-7,12H,1H3;2-5,10H,1H3/b3-1+,11-6-;5-4+;2*3-2+;. The Morgan fingerprint density at radius 2 is 0.882 bits per heavy atom. The van der Waals surface area contributed by atoms with Crippen LogP contribution in [0.25, 0.3) is 24.3 Å². The zero-order valence-corrected chi connectivity index (χ0v) is 37.9. The van der Waals surface area contributed by atoms with Gasteiger partial charge in [-0.1, -0.05) is 61.6 Å². The van der Waals surface area contributed by atoms with Crippen LogP contribution in [0.3, 0.4) is 0 Å². The Morgan fingerprint density at radius 3 is 1.24 bits per heavy atom. The van der Waals surface area contributed by atoms with E-state index in [2.05, 4.69) is 13.0 Å². The highest BCUT2D eigenvalue weighted by Gasteiger charge is 2.04. The van der Waals surface area contributed by atoms with E-state index in [-0.39, 0.29) is 47.4 Å². The summed E-state index contributed by atoms with van der Waals surface area (Å²) < 4.78 is 19.5. The first-order valence-electron chi connectivity index (χ1n) is 20.0. The van der Waals surface area contributed by atoms with Crippen LogP contribution < -0.4 is 18.9 Å². The Balaban J connectivity index is 0.000000429. The molecule has 0 aromatic heterocycles. The quantitative estimate of drug-likeness (QED) is 0.0161. The first-order valence-corrected chi connectivity index (χ1v) is 20.0. The van der Waals surface area contributed by atoms with Crippen molar-refractivity contribution in [3.63, 3.8) is 0 Å². The lowest BCUT2D eigenvalue weighted by atomic mass is 10.1. The molecule has 0 saturated carbocycles. The number of phenols is 5. The molecule has 16 nitrogen and oxygen atoms in total. The van der Waals surface area contributed by atoms with Crippen LogP contribution in [0.1, 0.15) is 51.5 Å². The second-order valence-electron chi connectivity index (χ2n) is 13.1. The molecule has 0 aliphatic carbocycles. The first kappa shape index (κ1) is 57.1. The van der Waals surface area contributed by atoms with Crippen molar-refractivity contribution in [1.29, 1.82) is 0 Å². The van der Waals surface area contributed by atoms with E-state index in [1.54, 1.807) is 55.7 Å². The third-order valence-electron chi connectivity index (χ3n) is 8.36. The number of allylic oxidation sites excluding steroid dienone is 5. The van der Waals surface area contributed by atoms with Crippen LogP contribution >= 0.6 is 0 Å². The fraction of sp³-hybridized carbons (Fsp3) is 0.135. The van der Waals surface area contributed by atoms with Gasteiger partial charge in [0, 0.05) is 17.2 Å². The lowest BCUT2D eigenvalue weighted by Gasteiger charge is -2.03. The molecule has 0 heterocycles. The predicted octanol–water partition coefficient (Wildman–Crippen LogP) is 8.37. The van der Waals surface area contributed by atoms with E-state index >= 15 is 0 Å². The van der Waals surface area contributed by atoms with E-state index in [0.29, 0.717) is 58.5 Å². The molecular weight excluding hydrogens is 881 g/mol. The predicted molar refractivity (Wildman–Crippen MR) is 258 cm³/mol. The number of aliphatic hydroxyl groups excluding tert-OH is 2. The third-order valence-corrected chi connectivity index (χ3v) is 8.36. The van der Waals surface area contributed by atoms with E-state index in [9.17, 15) is 49.5 Å². The minimum Gasteiger partial charge on any atom is -0.508 e. The van der Waals surface area contributed by atoms with Crippen molar-refractivity contribution in [3.8, 4) is 51.7 Å². The number of rotatable bonds is 16. The Morgan fingerprint density at radius 1 is 0.515 bits per heavy atom. The summed E-state index contributed by atoms with van der Waals surface area (Å²) in [5, 5.41) is 64.5. The Bertz CT molecular complexity index is 2480. The second kappa shape index (κ2) is 32.7. The van der Waals surface area contributed by atoms with Gasteiger partial charge in [0.1, 0.15) is 30.4 Å². The summed E-state index contributed by atoms with van der Waals surface area (Å²) in [6, 6.07) is 23.9. The molecule has 0 atom stereocenters. The van der Waals surface area contributed by atoms with Crippen LogP contribution in [0.5, 0.6) is 51.7 Å². The molecule has 68 heavy (non-hydrogen) atoms. The summed E-state index contributed by atoms with van der Waals surface area (Å²) in [4.78, 5) is 51.0. The number of benzene rings is 5. The molecule has 5 rings (SSSR count). The summed E-state index contributed by atoms with van der Waals surface area (Å²) in [6.07, 6.45) is 16.8. The van der Waals surface area contributed by atoms with Gasteiger partial charge in [0.25, 0.3) is 0 Å². The number of aromatic hydroxyl groups is 5. The maximum atomic E-state index is 10.7. The Labute approximate surface area is 393 Å². The maximum Gasteiger partial charge on any atom is 0.221 e. The van der Waals surface area contributed by atoms with E-state index in [1.165, 1.54) is 88.1 Å². The minimum atomic E-state index is -0.834. The molecule has 7 N–H and O–H groups in total. The van der Waals surface area contributed by atoms with Crippen LogP contribution in [-0.2, 0) is 25.8 Å². The summed E-state index contributed by atoms with van der Waals surface area (Å²) in [6.45, 7) is 1.77. The molecule has 5 aromatic rings. The van der Waals surface area contributed by atoms with Gasteiger partial charge in [0.15, 0.2) is 52.3 Å². The molecule has 0 fully saturated rings. The van der Waals surface area contributed by atoms with Crippen LogP contribution in [0, 0.1) is 0 Å². The number of aldehydes is 4. The lowest BCUT2D eigenvalue weighted by Crippen LogP contribution is -1.94. The number of hydrogen-bond donors (Lipinski definition) is 7. The van der Waals surface area contributed by atoms with Crippen molar-refractivity contribution < 1.29 is 78.7 Å². The Kier molecular flexibility index (Phi) is 27.5. The monoisotopic (exact) mass is 934 g/mol. The number of ether oxygens (including phenoxy) is 4. The number of carbonyl (C=O) groups is 5. The fourth-order valence-electron chi connectivity index (χ4n) is 4.96.